The van der Waals surface area contributed by atoms with Crippen LogP contribution in [0.2, 0.25) is 0 Å². The lowest BCUT2D eigenvalue weighted by Crippen LogP contribution is -2.38. The van der Waals surface area contributed by atoms with Gasteiger partial charge < -0.3 is 4.90 Å². The summed E-state index contributed by atoms with van der Waals surface area (Å²) in [6, 6.07) is 4.50. The van der Waals surface area contributed by atoms with Gasteiger partial charge in [-0.3, -0.25) is 9.59 Å². The zero-order valence-corrected chi connectivity index (χ0v) is 11.1. The molecule has 0 fully saturated rings. The first-order valence-electron chi connectivity index (χ1n) is 5.17. The molecule has 0 radical (unpaired) electrons. The van der Waals surface area contributed by atoms with Crippen LogP contribution in [0.5, 0.6) is 0 Å². The third-order valence-electron chi connectivity index (χ3n) is 2.21. The Balaban J connectivity index is 3.11. The zero-order valence-electron chi connectivity index (χ0n) is 10.2. The van der Waals surface area contributed by atoms with Crippen molar-refractivity contribution in [3.8, 4) is 0 Å². The molecule has 1 aromatic rings. The lowest BCUT2D eigenvalue weighted by Gasteiger charge is -2.21. The monoisotopic (exact) mass is 331 g/mol. The Morgan fingerprint density at radius 3 is 2.00 bits per heavy atom. The van der Waals surface area contributed by atoms with Crippen LogP contribution in [0, 0.1) is 0 Å². The minimum atomic E-state index is -5.18. The molecule has 0 aliphatic heterocycles. The van der Waals surface area contributed by atoms with Crippen LogP contribution < -0.4 is 4.90 Å². The molecule has 0 spiro atoms. The van der Waals surface area contributed by atoms with Gasteiger partial charge in [0, 0.05) is 11.9 Å². The first-order chi connectivity index (χ1) is 9.44. The quantitative estimate of drug-likeness (QED) is 0.616. The molecule has 10 heteroatoms. The number of para-hydroxylation sites is 1. The van der Waals surface area contributed by atoms with E-state index in [2.05, 4.69) is 0 Å². The van der Waals surface area contributed by atoms with Crippen molar-refractivity contribution in [1.82, 2.24) is 0 Å². The summed E-state index contributed by atoms with van der Waals surface area (Å²) in [5.41, 5.74) is -0.442. The van der Waals surface area contributed by atoms with Crippen LogP contribution in [0.4, 0.5) is 32.0 Å². The van der Waals surface area contributed by atoms with Gasteiger partial charge in [-0.25, -0.2) is 0 Å². The van der Waals surface area contributed by atoms with Gasteiger partial charge in [0.05, 0.1) is 5.69 Å². The summed E-state index contributed by atoms with van der Waals surface area (Å²) in [4.78, 5) is 21.7. The number of alkyl halides is 6. The largest absolute Gasteiger partial charge is 0.471 e. The SMILES string of the molecule is CN(C(=O)C(F)(F)F)c1ccccc1SC(=O)C(F)(F)F. The van der Waals surface area contributed by atoms with Gasteiger partial charge in [-0.2, -0.15) is 26.3 Å². The van der Waals surface area contributed by atoms with Gasteiger partial charge in [-0.15, -0.1) is 0 Å². The molecule has 0 unspecified atom stereocenters. The predicted molar refractivity (Wildman–Crippen MR) is 62.8 cm³/mol. The molecule has 21 heavy (non-hydrogen) atoms. The van der Waals surface area contributed by atoms with Gasteiger partial charge in [0.2, 0.25) is 0 Å². The Morgan fingerprint density at radius 2 is 1.52 bits per heavy atom. The number of thioether (sulfide) groups is 1. The summed E-state index contributed by atoms with van der Waals surface area (Å²) in [6.45, 7) is 0. The summed E-state index contributed by atoms with van der Waals surface area (Å²) in [5.74, 6) is -2.25. The molecule has 3 nitrogen and oxygen atoms in total. The molecule has 0 aliphatic rings. The number of amides is 1. The second-order valence-corrected chi connectivity index (χ2v) is 4.73. The number of benzene rings is 1. The van der Waals surface area contributed by atoms with Gasteiger partial charge in [0.15, 0.2) is 0 Å². The van der Waals surface area contributed by atoms with E-state index < -0.39 is 34.0 Å². The maximum absolute atomic E-state index is 12.3. The van der Waals surface area contributed by atoms with E-state index in [-0.39, 0.29) is 16.7 Å². The van der Waals surface area contributed by atoms with Crippen LogP contribution in [-0.2, 0) is 9.59 Å². The average Bonchev–Trinajstić information content (AvgIpc) is 2.35. The minimum absolute atomic E-state index is 0.145. The molecular formula is C11H7F6NO2S. The minimum Gasteiger partial charge on any atom is -0.307 e. The van der Waals surface area contributed by atoms with Crippen molar-refractivity contribution in [2.24, 2.45) is 0 Å². The van der Waals surface area contributed by atoms with Crippen molar-refractivity contribution in [2.45, 2.75) is 17.2 Å². The number of nitrogens with zero attached hydrogens (tertiary/aromatic N) is 1. The number of hydrogen-bond donors (Lipinski definition) is 0. The van der Waals surface area contributed by atoms with Gasteiger partial charge in [-0.05, 0) is 23.9 Å². The summed E-state index contributed by atoms with van der Waals surface area (Å²) >= 11 is -0.292. The molecular weight excluding hydrogens is 324 g/mol. The molecule has 0 atom stereocenters. The molecule has 0 saturated carbocycles. The topological polar surface area (TPSA) is 37.4 Å². The van der Waals surface area contributed by atoms with Gasteiger partial charge >= 0.3 is 18.3 Å². The average molecular weight is 331 g/mol. The lowest BCUT2D eigenvalue weighted by atomic mass is 10.3. The van der Waals surface area contributed by atoms with Crippen LogP contribution in [0.3, 0.4) is 0 Å². The van der Waals surface area contributed by atoms with Crippen molar-refractivity contribution in [2.75, 3.05) is 11.9 Å². The molecule has 0 heterocycles. The van der Waals surface area contributed by atoms with Crippen molar-refractivity contribution >= 4 is 28.5 Å². The molecule has 0 aromatic heterocycles. The van der Waals surface area contributed by atoms with Crippen LogP contribution >= 0.6 is 11.8 Å². The fourth-order valence-electron chi connectivity index (χ4n) is 1.28. The Morgan fingerprint density at radius 1 is 1.00 bits per heavy atom. The van der Waals surface area contributed by atoms with E-state index in [4.69, 9.17) is 0 Å². The number of halogens is 6. The van der Waals surface area contributed by atoms with Crippen LogP contribution in [-0.4, -0.2) is 30.4 Å². The summed E-state index contributed by atoms with van der Waals surface area (Å²) in [5, 5.41) is -2.19. The Kier molecular flexibility index (Phi) is 4.92. The Bertz CT molecular complexity index is 554. The van der Waals surface area contributed by atoms with E-state index in [0.29, 0.717) is 0 Å². The highest BCUT2D eigenvalue weighted by molar-refractivity contribution is 8.14. The first kappa shape index (κ1) is 17.3. The number of carbonyl (C=O) groups excluding carboxylic acids is 2. The molecule has 0 aliphatic carbocycles. The van der Waals surface area contributed by atoms with E-state index in [1.54, 1.807) is 0 Å². The molecule has 116 valence electrons. The van der Waals surface area contributed by atoms with Crippen LogP contribution in [0.1, 0.15) is 0 Å². The molecule has 1 amide bonds. The highest BCUT2D eigenvalue weighted by Crippen LogP contribution is 2.36. The molecule has 0 bridgehead atoms. The van der Waals surface area contributed by atoms with Crippen molar-refractivity contribution in [3.05, 3.63) is 24.3 Å². The number of carbonyl (C=O) groups is 2. The fourth-order valence-corrected chi connectivity index (χ4v) is 2.05. The Hall–Kier alpha value is -1.71. The van der Waals surface area contributed by atoms with Gasteiger partial charge in [-0.1, -0.05) is 12.1 Å². The van der Waals surface area contributed by atoms with Crippen LogP contribution in [0.15, 0.2) is 29.2 Å². The zero-order chi connectivity index (χ0) is 16.4. The highest BCUT2D eigenvalue weighted by atomic mass is 32.2. The first-order valence-corrected chi connectivity index (χ1v) is 5.99. The van der Waals surface area contributed by atoms with Gasteiger partial charge in [0.1, 0.15) is 0 Å². The van der Waals surface area contributed by atoms with E-state index in [0.717, 1.165) is 19.2 Å². The molecule has 0 N–H and O–H groups in total. The van der Waals surface area contributed by atoms with Crippen LogP contribution in [0.25, 0.3) is 0 Å². The second-order valence-electron chi connectivity index (χ2n) is 3.72. The maximum atomic E-state index is 12.3. The van der Waals surface area contributed by atoms with Gasteiger partial charge in [0.25, 0.3) is 5.12 Å². The van der Waals surface area contributed by atoms with E-state index in [1.807, 2.05) is 0 Å². The van der Waals surface area contributed by atoms with E-state index in [9.17, 15) is 35.9 Å². The third-order valence-corrected chi connectivity index (χ3v) is 3.19. The standard InChI is InChI=1S/C11H7F6NO2S/c1-18(8(19)10(12,13)14)6-4-2-3-5-7(6)21-9(20)11(15,16)17/h2-5H,1H3. The number of hydrogen-bond acceptors (Lipinski definition) is 3. The number of anilines is 1. The Labute approximate surface area is 118 Å². The summed E-state index contributed by atoms with van der Waals surface area (Å²) < 4.78 is 73.5. The maximum Gasteiger partial charge on any atom is 0.471 e. The molecule has 0 saturated heterocycles. The van der Waals surface area contributed by atoms with Crippen molar-refractivity contribution in [1.29, 1.82) is 0 Å². The smallest absolute Gasteiger partial charge is 0.307 e. The predicted octanol–water partition coefficient (Wildman–Crippen LogP) is 3.39. The summed E-state index contributed by atoms with van der Waals surface area (Å²) in [7, 11) is 0.757. The number of rotatable bonds is 2. The normalized spacial score (nSPS) is 12.1. The van der Waals surface area contributed by atoms with E-state index >= 15 is 0 Å². The summed E-state index contributed by atoms with van der Waals surface area (Å²) in [6.07, 6.45) is -10.3. The van der Waals surface area contributed by atoms with Crippen molar-refractivity contribution in [3.63, 3.8) is 0 Å². The van der Waals surface area contributed by atoms with Crippen molar-refractivity contribution < 1.29 is 35.9 Å². The molecule has 1 aromatic carbocycles. The van der Waals surface area contributed by atoms with E-state index in [1.165, 1.54) is 12.1 Å². The molecule has 1 rings (SSSR count). The third kappa shape index (κ3) is 4.38. The fraction of sp³-hybridized carbons (Fsp3) is 0.273. The highest BCUT2D eigenvalue weighted by Gasteiger charge is 2.43. The second kappa shape index (κ2) is 5.96. The lowest BCUT2D eigenvalue weighted by molar-refractivity contribution is -0.170.